The summed E-state index contributed by atoms with van der Waals surface area (Å²) in [5, 5.41) is 0. The molecule has 4 nitrogen and oxygen atoms in total. The molecule has 0 atom stereocenters. The Balaban J connectivity index is 3.04. The number of hydrogen-bond donors (Lipinski definition) is 2. The van der Waals surface area contributed by atoms with Gasteiger partial charge < -0.3 is 9.79 Å². The first-order valence-electron chi connectivity index (χ1n) is 8.62. The predicted molar refractivity (Wildman–Crippen MR) is 88.2 cm³/mol. The number of phosphoric acid groups is 1. The molecule has 2 N–H and O–H groups in total. The van der Waals surface area contributed by atoms with Gasteiger partial charge in [-0.05, 0) is 12.3 Å². The minimum atomic E-state index is -4.25. The molecular weight excluding hydrogens is 287 g/mol. The van der Waals surface area contributed by atoms with Crippen LogP contribution in [0.1, 0.15) is 90.9 Å². The normalized spacial score (nSPS) is 12.2. The Kier molecular flexibility index (Phi) is 13.8. The van der Waals surface area contributed by atoms with Crippen molar-refractivity contribution in [1.29, 1.82) is 0 Å². The number of phosphoric ester groups is 1. The van der Waals surface area contributed by atoms with Crippen LogP contribution < -0.4 is 0 Å². The molecule has 0 amide bonds. The Morgan fingerprint density at radius 1 is 0.762 bits per heavy atom. The summed E-state index contributed by atoms with van der Waals surface area (Å²) in [6.45, 7) is 4.75. The summed E-state index contributed by atoms with van der Waals surface area (Å²) in [6, 6.07) is 0. The number of hydrogen-bond acceptors (Lipinski definition) is 2. The molecule has 0 rings (SSSR count). The Bertz CT molecular complexity index is 263. The van der Waals surface area contributed by atoms with Gasteiger partial charge in [-0.3, -0.25) is 4.52 Å². The third-order valence-electron chi connectivity index (χ3n) is 3.69. The van der Waals surface area contributed by atoms with Crippen LogP contribution in [0.4, 0.5) is 0 Å². The smallest absolute Gasteiger partial charge is 0.303 e. The van der Waals surface area contributed by atoms with Gasteiger partial charge in [-0.2, -0.15) is 0 Å². The Hall–Kier alpha value is 0.110. The van der Waals surface area contributed by atoms with E-state index in [9.17, 15) is 4.57 Å². The van der Waals surface area contributed by atoms with E-state index in [1.165, 1.54) is 57.8 Å². The van der Waals surface area contributed by atoms with E-state index in [2.05, 4.69) is 18.4 Å². The van der Waals surface area contributed by atoms with Crippen molar-refractivity contribution in [2.45, 2.75) is 90.9 Å². The molecule has 0 fully saturated rings. The largest absolute Gasteiger partial charge is 0.469 e. The van der Waals surface area contributed by atoms with Crippen LogP contribution in [-0.4, -0.2) is 16.4 Å². The molecule has 0 aromatic carbocycles. The quantitative estimate of drug-likeness (QED) is 0.311. The van der Waals surface area contributed by atoms with Crippen LogP contribution >= 0.6 is 7.82 Å². The Morgan fingerprint density at radius 2 is 1.14 bits per heavy atom. The van der Waals surface area contributed by atoms with Crippen molar-refractivity contribution >= 4 is 7.82 Å². The van der Waals surface area contributed by atoms with Gasteiger partial charge in [-0.1, -0.05) is 84.5 Å². The minimum absolute atomic E-state index is 0.167. The van der Waals surface area contributed by atoms with E-state index >= 15 is 0 Å². The number of rotatable bonds is 15. The molecular formula is C16H35O4P. The lowest BCUT2D eigenvalue weighted by atomic mass is 10.0. The highest BCUT2D eigenvalue weighted by Crippen LogP contribution is 2.35. The van der Waals surface area contributed by atoms with Crippen LogP contribution in [0.25, 0.3) is 0 Å². The van der Waals surface area contributed by atoms with E-state index in [0.29, 0.717) is 0 Å². The molecule has 21 heavy (non-hydrogen) atoms. The van der Waals surface area contributed by atoms with Crippen molar-refractivity contribution in [3.8, 4) is 0 Å². The van der Waals surface area contributed by atoms with Crippen LogP contribution in [0.3, 0.4) is 0 Å². The first kappa shape index (κ1) is 21.1. The lowest BCUT2D eigenvalue weighted by Crippen LogP contribution is -1.92. The third kappa shape index (κ3) is 20.1. The second kappa shape index (κ2) is 13.8. The standard InChI is InChI=1S/C16H35O4P/c1-16(2)14-12-10-8-6-4-3-5-7-9-11-13-15-20-21(17,18)19/h16H,3-15H2,1-2H3,(H2,17,18,19). The average molecular weight is 322 g/mol. The molecule has 0 saturated carbocycles. The van der Waals surface area contributed by atoms with E-state index in [0.717, 1.165) is 25.2 Å². The predicted octanol–water partition coefficient (Wildman–Crippen LogP) is 5.43. The summed E-state index contributed by atoms with van der Waals surface area (Å²) in [6.07, 6.45) is 14.9. The fraction of sp³-hybridized carbons (Fsp3) is 1.00. The van der Waals surface area contributed by atoms with Gasteiger partial charge in [0.25, 0.3) is 0 Å². The van der Waals surface area contributed by atoms with Gasteiger partial charge in [-0.15, -0.1) is 0 Å². The molecule has 0 spiro atoms. The monoisotopic (exact) mass is 322 g/mol. The molecule has 0 aliphatic heterocycles. The second-order valence-corrected chi connectivity index (χ2v) is 7.63. The highest BCUT2D eigenvalue weighted by atomic mass is 31.2. The van der Waals surface area contributed by atoms with Crippen LogP contribution in [0.2, 0.25) is 0 Å². The summed E-state index contributed by atoms with van der Waals surface area (Å²) in [7, 11) is -4.25. The molecule has 0 aromatic rings. The van der Waals surface area contributed by atoms with Crippen LogP contribution in [0, 0.1) is 5.92 Å². The first-order valence-corrected chi connectivity index (χ1v) is 10.1. The molecule has 0 aliphatic rings. The van der Waals surface area contributed by atoms with Crippen molar-refractivity contribution < 1.29 is 18.9 Å². The van der Waals surface area contributed by atoms with E-state index in [1.807, 2.05) is 0 Å². The van der Waals surface area contributed by atoms with Crippen molar-refractivity contribution in [2.75, 3.05) is 6.61 Å². The zero-order valence-electron chi connectivity index (χ0n) is 13.9. The molecule has 5 heteroatoms. The van der Waals surface area contributed by atoms with Crippen LogP contribution in [0.15, 0.2) is 0 Å². The Morgan fingerprint density at radius 3 is 1.52 bits per heavy atom. The molecule has 0 heterocycles. The first-order chi connectivity index (χ1) is 9.92. The minimum Gasteiger partial charge on any atom is -0.303 e. The molecule has 0 unspecified atom stereocenters. The summed E-state index contributed by atoms with van der Waals surface area (Å²) >= 11 is 0. The van der Waals surface area contributed by atoms with Gasteiger partial charge in [0.2, 0.25) is 0 Å². The lowest BCUT2D eigenvalue weighted by molar-refractivity contribution is 0.193. The van der Waals surface area contributed by atoms with Gasteiger partial charge in [0, 0.05) is 0 Å². The maximum absolute atomic E-state index is 10.4. The Labute approximate surface area is 130 Å². The fourth-order valence-electron chi connectivity index (χ4n) is 2.43. The lowest BCUT2D eigenvalue weighted by Gasteiger charge is -2.05. The SMILES string of the molecule is CC(C)CCCCCCCCCCCCCOP(=O)(O)O. The van der Waals surface area contributed by atoms with Crippen molar-refractivity contribution in [3.63, 3.8) is 0 Å². The van der Waals surface area contributed by atoms with E-state index < -0.39 is 7.82 Å². The fourth-order valence-corrected chi connectivity index (χ4v) is 2.80. The maximum Gasteiger partial charge on any atom is 0.469 e. The zero-order chi connectivity index (χ0) is 16.0. The molecule has 0 aliphatic carbocycles. The molecule has 0 bridgehead atoms. The zero-order valence-corrected chi connectivity index (χ0v) is 14.8. The number of unbranched alkanes of at least 4 members (excludes halogenated alkanes) is 10. The summed E-state index contributed by atoms with van der Waals surface area (Å²) in [5.74, 6) is 0.845. The summed E-state index contributed by atoms with van der Waals surface area (Å²) < 4.78 is 14.8. The molecule has 128 valence electrons. The van der Waals surface area contributed by atoms with Gasteiger partial charge >= 0.3 is 7.82 Å². The van der Waals surface area contributed by atoms with Crippen LogP contribution in [0.5, 0.6) is 0 Å². The summed E-state index contributed by atoms with van der Waals surface area (Å²) in [4.78, 5) is 17.0. The van der Waals surface area contributed by atoms with Crippen molar-refractivity contribution in [2.24, 2.45) is 5.92 Å². The van der Waals surface area contributed by atoms with Crippen LogP contribution in [-0.2, 0) is 9.09 Å². The van der Waals surface area contributed by atoms with E-state index in [1.54, 1.807) is 0 Å². The topological polar surface area (TPSA) is 66.8 Å². The molecule has 0 saturated heterocycles. The maximum atomic E-state index is 10.4. The van der Waals surface area contributed by atoms with Crippen molar-refractivity contribution in [1.82, 2.24) is 0 Å². The molecule has 0 radical (unpaired) electrons. The third-order valence-corrected chi connectivity index (χ3v) is 4.20. The van der Waals surface area contributed by atoms with Gasteiger partial charge in [0.1, 0.15) is 0 Å². The van der Waals surface area contributed by atoms with Gasteiger partial charge in [-0.25, -0.2) is 4.57 Å². The second-order valence-electron chi connectivity index (χ2n) is 6.40. The van der Waals surface area contributed by atoms with Gasteiger partial charge in [0.15, 0.2) is 0 Å². The van der Waals surface area contributed by atoms with Gasteiger partial charge in [0.05, 0.1) is 6.61 Å². The average Bonchev–Trinajstić information content (AvgIpc) is 2.37. The summed E-state index contributed by atoms with van der Waals surface area (Å²) in [5.41, 5.74) is 0. The molecule has 0 aromatic heterocycles. The van der Waals surface area contributed by atoms with Crippen molar-refractivity contribution in [3.05, 3.63) is 0 Å². The highest BCUT2D eigenvalue weighted by Gasteiger charge is 2.12. The van der Waals surface area contributed by atoms with E-state index in [-0.39, 0.29) is 6.61 Å². The van der Waals surface area contributed by atoms with E-state index in [4.69, 9.17) is 9.79 Å². The highest BCUT2D eigenvalue weighted by molar-refractivity contribution is 7.46.